The van der Waals surface area contributed by atoms with Gasteiger partial charge in [0.1, 0.15) is 5.69 Å². The molecule has 6 nitrogen and oxygen atoms in total. The third-order valence-electron chi connectivity index (χ3n) is 3.65. The molecule has 3 N–H and O–H groups in total. The fraction of sp³-hybridized carbons (Fsp3) is 0.188. The molecule has 2 heterocycles. The predicted octanol–water partition coefficient (Wildman–Crippen LogP) is 2.05. The summed E-state index contributed by atoms with van der Waals surface area (Å²) in [6.07, 6.45) is 0.132. The lowest BCUT2D eigenvalue weighted by atomic mass is 10.1. The number of pyridine rings is 1. The fourth-order valence-corrected chi connectivity index (χ4v) is 2.32. The minimum atomic E-state index is -0.300. The second kappa shape index (κ2) is 5.48. The highest BCUT2D eigenvalue weighted by Crippen LogP contribution is 2.16. The van der Waals surface area contributed by atoms with E-state index in [4.69, 9.17) is 0 Å². The minimum Gasteiger partial charge on any atom is -0.324 e. The van der Waals surface area contributed by atoms with E-state index in [-0.39, 0.29) is 23.6 Å². The molecule has 1 aromatic carbocycles. The molecule has 1 amide bonds. The van der Waals surface area contributed by atoms with Crippen LogP contribution in [0.25, 0.3) is 10.9 Å². The highest BCUT2D eigenvalue weighted by molar-refractivity contribution is 5.94. The summed E-state index contributed by atoms with van der Waals surface area (Å²) in [4.78, 5) is 26.7. The van der Waals surface area contributed by atoms with Crippen LogP contribution >= 0.6 is 0 Å². The number of hydrogen-bond donors (Lipinski definition) is 3. The van der Waals surface area contributed by atoms with Crippen molar-refractivity contribution in [3.63, 3.8) is 0 Å². The van der Waals surface area contributed by atoms with Crippen LogP contribution in [0.3, 0.4) is 0 Å². The number of carbonyl (C=O) groups is 1. The Bertz CT molecular complexity index is 908. The molecular weight excluding hydrogens is 280 g/mol. The van der Waals surface area contributed by atoms with Crippen molar-refractivity contribution in [3.05, 3.63) is 57.6 Å². The summed E-state index contributed by atoms with van der Waals surface area (Å²) < 4.78 is 0. The SMILES string of the molecule is Cc1cc(NC(=O)Cc2[nH]nc3ccccc23)c(=O)[nH]c1C. The number of aromatic amines is 2. The van der Waals surface area contributed by atoms with Gasteiger partial charge in [-0.25, -0.2) is 0 Å². The number of nitrogens with zero attached hydrogens (tertiary/aromatic N) is 1. The minimum absolute atomic E-state index is 0.132. The number of para-hydroxylation sites is 1. The Labute approximate surface area is 126 Å². The maximum atomic E-state index is 12.2. The van der Waals surface area contributed by atoms with Crippen LogP contribution in [-0.4, -0.2) is 21.1 Å². The van der Waals surface area contributed by atoms with E-state index in [9.17, 15) is 9.59 Å². The molecule has 0 bridgehead atoms. The number of benzene rings is 1. The number of nitrogens with one attached hydrogen (secondary N) is 3. The number of amides is 1. The van der Waals surface area contributed by atoms with Crippen molar-refractivity contribution in [1.82, 2.24) is 15.2 Å². The molecule has 0 aliphatic rings. The van der Waals surface area contributed by atoms with Gasteiger partial charge in [-0.3, -0.25) is 14.7 Å². The molecule has 0 saturated heterocycles. The molecular formula is C16H16N4O2. The summed E-state index contributed by atoms with van der Waals surface area (Å²) in [5, 5.41) is 10.6. The van der Waals surface area contributed by atoms with Crippen molar-refractivity contribution in [2.45, 2.75) is 20.3 Å². The predicted molar refractivity (Wildman–Crippen MR) is 85.0 cm³/mol. The quantitative estimate of drug-likeness (QED) is 0.691. The first-order valence-corrected chi connectivity index (χ1v) is 6.97. The molecule has 0 spiro atoms. The van der Waals surface area contributed by atoms with Crippen LogP contribution in [0.15, 0.2) is 35.1 Å². The van der Waals surface area contributed by atoms with E-state index in [1.54, 1.807) is 6.07 Å². The Morgan fingerprint density at radius 1 is 1.27 bits per heavy atom. The fourth-order valence-electron chi connectivity index (χ4n) is 2.32. The molecule has 0 aliphatic carbocycles. The van der Waals surface area contributed by atoms with Gasteiger partial charge in [0, 0.05) is 11.1 Å². The largest absolute Gasteiger partial charge is 0.324 e. The molecule has 0 unspecified atom stereocenters. The summed E-state index contributed by atoms with van der Waals surface area (Å²) in [6.45, 7) is 3.70. The molecule has 22 heavy (non-hydrogen) atoms. The number of aromatic nitrogens is 3. The monoisotopic (exact) mass is 296 g/mol. The maximum absolute atomic E-state index is 12.2. The molecule has 112 valence electrons. The molecule has 0 atom stereocenters. The third-order valence-corrected chi connectivity index (χ3v) is 3.65. The van der Waals surface area contributed by atoms with Gasteiger partial charge in [-0.1, -0.05) is 18.2 Å². The normalized spacial score (nSPS) is 10.8. The molecule has 0 aliphatic heterocycles. The highest BCUT2D eigenvalue weighted by Gasteiger charge is 2.12. The lowest BCUT2D eigenvalue weighted by Gasteiger charge is -2.06. The van der Waals surface area contributed by atoms with Crippen LogP contribution in [0.5, 0.6) is 0 Å². The number of H-pyrrole nitrogens is 2. The molecule has 6 heteroatoms. The van der Waals surface area contributed by atoms with Gasteiger partial charge in [0.2, 0.25) is 5.91 Å². The number of fused-ring (bicyclic) bond motifs is 1. The highest BCUT2D eigenvalue weighted by atomic mass is 16.2. The molecule has 0 radical (unpaired) electrons. The van der Waals surface area contributed by atoms with Gasteiger partial charge < -0.3 is 10.3 Å². The van der Waals surface area contributed by atoms with Crippen molar-refractivity contribution in [2.24, 2.45) is 0 Å². The van der Waals surface area contributed by atoms with E-state index in [1.807, 2.05) is 38.1 Å². The summed E-state index contributed by atoms with van der Waals surface area (Å²) >= 11 is 0. The van der Waals surface area contributed by atoms with E-state index < -0.39 is 0 Å². The lowest BCUT2D eigenvalue weighted by Crippen LogP contribution is -2.22. The van der Waals surface area contributed by atoms with E-state index in [0.29, 0.717) is 0 Å². The number of anilines is 1. The topological polar surface area (TPSA) is 90.6 Å². The molecule has 2 aromatic heterocycles. The lowest BCUT2D eigenvalue weighted by molar-refractivity contribution is -0.115. The summed E-state index contributed by atoms with van der Waals surface area (Å²) in [7, 11) is 0. The first-order valence-electron chi connectivity index (χ1n) is 6.97. The van der Waals surface area contributed by atoms with Crippen LogP contribution in [0, 0.1) is 13.8 Å². The Morgan fingerprint density at radius 3 is 2.86 bits per heavy atom. The van der Waals surface area contributed by atoms with Gasteiger partial charge in [0.15, 0.2) is 0 Å². The Morgan fingerprint density at radius 2 is 2.05 bits per heavy atom. The molecule has 3 aromatic rings. The standard InChI is InChI=1S/C16H16N4O2/c1-9-7-14(16(22)17-10(9)2)18-15(21)8-13-11-5-3-4-6-12(11)19-20-13/h3-7H,8H2,1-2H3,(H,17,22)(H,18,21)(H,19,20). The molecule has 0 fully saturated rings. The Kier molecular flexibility index (Phi) is 3.50. The van der Waals surface area contributed by atoms with Gasteiger partial charge in [-0.15, -0.1) is 0 Å². The second-order valence-electron chi connectivity index (χ2n) is 5.26. The summed E-state index contributed by atoms with van der Waals surface area (Å²) in [6, 6.07) is 9.25. The van der Waals surface area contributed by atoms with E-state index in [1.165, 1.54) is 0 Å². The zero-order valence-corrected chi connectivity index (χ0v) is 12.4. The van der Waals surface area contributed by atoms with Crippen LogP contribution in [0.2, 0.25) is 0 Å². The van der Waals surface area contributed by atoms with E-state index >= 15 is 0 Å². The number of hydrogen-bond acceptors (Lipinski definition) is 3. The van der Waals surface area contributed by atoms with Crippen molar-refractivity contribution in [2.75, 3.05) is 5.32 Å². The van der Waals surface area contributed by atoms with Crippen molar-refractivity contribution in [1.29, 1.82) is 0 Å². The van der Waals surface area contributed by atoms with Gasteiger partial charge in [0.25, 0.3) is 5.56 Å². The summed E-state index contributed by atoms with van der Waals surface area (Å²) in [5.74, 6) is -0.261. The number of carbonyl (C=O) groups excluding carboxylic acids is 1. The smallest absolute Gasteiger partial charge is 0.271 e. The maximum Gasteiger partial charge on any atom is 0.271 e. The zero-order valence-electron chi connectivity index (χ0n) is 12.4. The molecule has 0 saturated carbocycles. The molecule has 3 rings (SSSR count). The van der Waals surface area contributed by atoms with Gasteiger partial charge >= 0.3 is 0 Å². The average molecular weight is 296 g/mol. The first kappa shape index (κ1) is 14.1. The van der Waals surface area contributed by atoms with Crippen molar-refractivity contribution < 1.29 is 4.79 Å². The Balaban J connectivity index is 1.81. The van der Waals surface area contributed by atoms with E-state index in [0.717, 1.165) is 27.9 Å². The Hall–Kier alpha value is -2.89. The van der Waals surface area contributed by atoms with Gasteiger partial charge in [-0.05, 0) is 31.5 Å². The van der Waals surface area contributed by atoms with Crippen LogP contribution in [0.4, 0.5) is 5.69 Å². The summed E-state index contributed by atoms with van der Waals surface area (Å²) in [5.41, 5.74) is 3.22. The van der Waals surface area contributed by atoms with Crippen molar-refractivity contribution >= 4 is 22.5 Å². The van der Waals surface area contributed by atoms with Crippen LogP contribution in [0.1, 0.15) is 17.0 Å². The van der Waals surface area contributed by atoms with Gasteiger partial charge in [0.05, 0.1) is 17.6 Å². The first-order chi connectivity index (χ1) is 10.5. The van der Waals surface area contributed by atoms with Crippen LogP contribution < -0.4 is 10.9 Å². The second-order valence-corrected chi connectivity index (χ2v) is 5.26. The van der Waals surface area contributed by atoms with E-state index in [2.05, 4.69) is 20.5 Å². The van der Waals surface area contributed by atoms with Crippen molar-refractivity contribution in [3.8, 4) is 0 Å². The number of aryl methyl sites for hydroxylation is 2. The number of rotatable bonds is 3. The van der Waals surface area contributed by atoms with Gasteiger partial charge in [-0.2, -0.15) is 5.10 Å². The van der Waals surface area contributed by atoms with Crippen LogP contribution in [-0.2, 0) is 11.2 Å². The average Bonchev–Trinajstić information content (AvgIpc) is 2.88. The third kappa shape index (κ3) is 2.63. The zero-order chi connectivity index (χ0) is 15.7.